The molecule has 3 heteroatoms. The van der Waals surface area contributed by atoms with Crippen molar-refractivity contribution in [3.8, 4) is 0 Å². The van der Waals surface area contributed by atoms with Crippen molar-refractivity contribution in [2.45, 2.75) is 57.9 Å². The Kier molecular flexibility index (Phi) is 4.84. The highest BCUT2D eigenvalue weighted by Gasteiger charge is 2.22. The van der Waals surface area contributed by atoms with Gasteiger partial charge in [-0.1, -0.05) is 19.8 Å². The maximum absolute atomic E-state index is 11.9. The highest BCUT2D eigenvalue weighted by Crippen LogP contribution is 2.30. The van der Waals surface area contributed by atoms with E-state index in [0.29, 0.717) is 12.0 Å². The first-order valence-corrected chi connectivity index (χ1v) is 7.24. The third-order valence-electron chi connectivity index (χ3n) is 4.27. The summed E-state index contributed by atoms with van der Waals surface area (Å²) in [7, 11) is 0. The van der Waals surface area contributed by atoms with E-state index in [1.54, 1.807) is 0 Å². The molecule has 0 bridgehead atoms. The monoisotopic (exact) mass is 238 g/mol. The normalized spacial score (nSPS) is 34.3. The maximum Gasteiger partial charge on any atom is 0.220 e. The number of rotatable bonds is 3. The molecule has 3 nitrogen and oxygen atoms in total. The van der Waals surface area contributed by atoms with E-state index in [0.717, 1.165) is 31.8 Å². The SMILES string of the molecule is CC1CCC(CC(=O)N[C@H]2CCCNC2)CC1. The van der Waals surface area contributed by atoms with Gasteiger partial charge in [0, 0.05) is 19.0 Å². The molecule has 1 atom stereocenters. The summed E-state index contributed by atoms with van der Waals surface area (Å²) in [5, 5.41) is 6.51. The van der Waals surface area contributed by atoms with E-state index in [9.17, 15) is 4.79 Å². The minimum absolute atomic E-state index is 0.276. The Balaban J connectivity index is 1.66. The Morgan fingerprint density at radius 2 is 2.00 bits per heavy atom. The fraction of sp³-hybridized carbons (Fsp3) is 0.929. The zero-order valence-electron chi connectivity index (χ0n) is 11.0. The number of piperidine rings is 1. The molecule has 1 aliphatic heterocycles. The molecule has 0 aromatic carbocycles. The summed E-state index contributed by atoms with van der Waals surface area (Å²) in [6.45, 7) is 4.38. The number of nitrogens with one attached hydrogen (secondary N) is 2. The van der Waals surface area contributed by atoms with Crippen LogP contribution in [-0.2, 0) is 4.79 Å². The lowest BCUT2D eigenvalue weighted by Gasteiger charge is -2.28. The van der Waals surface area contributed by atoms with Crippen LogP contribution in [0, 0.1) is 11.8 Å². The summed E-state index contributed by atoms with van der Waals surface area (Å²) in [4.78, 5) is 11.9. The molecule has 0 unspecified atom stereocenters. The summed E-state index contributed by atoms with van der Waals surface area (Å²) in [5.41, 5.74) is 0. The van der Waals surface area contributed by atoms with Crippen molar-refractivity contribution in [3.05, 3.63) is 0 Å². The number of carbonyl (C=O) groups is 1. The molecule has 2 N–H and O–H groups in total. The molecule has 0 spiro atoms. The zero-order valence-corrected chi connectivity index (χ0v) is 11.0. The van der Waals surface area contributed by atoms with Gasteiger partial charge < -0.3 is 10.6 Å². The van der Waals surface area contributed by atoms with Crippen molar-refractivity contribution in [2.75, 3.05) is 13.1 Å². The van der Waals surface area contributed by atoms with Crippen molar-refractivity contribution in [2.24, 2.45) is 11.8 Å². The first kappa shape index (κ1) is 12.9. The maximum atomic E-state index is 11.9. The molecule has 1 heterocycles. The van der Waals surface area contributed by atoms with Crippen LogP contribution in [0.1, 0.15) is 51.9 Å². The predicted molar refractivity (Wildman–Crippen MR) is 69.8 cm³/mol. The minimum atomic E-state index is 0.276. The minimum Gasteiger partial charge on any atom is -0.352 e. The zero-order chi connectivity index (χ0) is 12.1. The van der Waals surface area contributed by atoms with Crippen molar-refractivity contribution in [3.63, 3.8) is 0 Å². The summed E-state index contributed by atoms with van der Waals surface area (Å²) >= 11 is 0. The van der Waals surface area contributed by atoms with Crippen LogP contribution in [0.15, 0.2) is 0 Å². The van der Waals surface area contributed by atoms with Gasteiger partial charge in [0.15, 0.2) is 0 Å². The van der Waals surface area contributed by atoms with Crippen LogP contribution in [0.3, 0.4) is 0 Å². The topological polar surface area (TPSA) is 41.1 Å². The third-order valence-corrected chi connectivity index (χ3v) is 4.27. The van der Waals surface area contributed by atoms with Gasteiger partial charge in [-0.15, -0.1) is 0 Å². The molecular formula is C14H26N2O. The molecular weight excluding hydrogens is 212 g/mol. The molecule has 98 valence electrons. The lowest BCUT2D eigenvalue weighted by atomic mass is 9.81. The second-order valence-electron chi connectivity index (χ2n) is 5.94. The van der Waals surface area contributed by atoms with Crippen LogP contribution in [-0.4, -0.2) is 25.0 Å². The molecule has 1 saturated carbocycles. The van der Waals surface area contributed by atoms with E-state index in [1.807, 2.05) is 0 Å². The molecule has 2 aliphatic rings. The van der Waals surface area contributed by atoms with Crippen molar-refractivity contribution in [1.29, 1.82) is 0 Å². The Morgan fingerprint density at radius 3 is 2.65 bits per heavy atom. The fourth-order valence-corrected chi connectivity index (χ4v) is 3.06. The van der Waals surface area contributed by atoms with E-state index >= 15 is 0 Å². The molecule has 1 amide bonds. The van der Waals surface area contributed by atoms with Gasteiger partial charge in [-0.3, -0.25) is 4.79 Å². The molecule has 2 rings (SSSR count). The number of carbonyl (C=O) groups excluding carboxylic acids is 1. The van der Waals surface area contributed by atoms with Gasteiger partial charge in [0.1, 0.15) is 0 Å². The van der Waals surface area contributed by atoms with Crippen LogP contribution in [0.2, 0.25) is 0 Å². The van der Waals surface area contributed by atoms with E-state index < -0.39 is 0 Å². The van der Waals surface area contributed by atoms with Crippen LogP contribution in [0.4, 0.5) is 0 Å². The van der Waals surface area contributed by atoms with Crippen molar-refractivity contribution < 1.29 is 4.79 Å². The molecule has 1 saturated heterocycles. The van der Waals surface area contributed by atoms with Crippen molar-refractivity contribution >= 4 is 5.91 Å². The molecule has 2 fully saturated rings. The standard InChI is InChI=1S/C14H26N2O/c1-11-4-6-12(7-5-11)9-14(17)16-13-3-2-8-15-10-13/h11-13,15H,2-10H2,1H3,(H,16,17)/t11?,12?,13-/m0/s1. The number of amides is 1. The van der Waals surface area contributed by atoms with Gasteiger partial charge in [-0.05, 0) is 44.1 Å². The molecule has 17 heavy (non-hydrogen) atoms. The van der Waals surface area contributed by atoms with Crippen LogP contribution in [0.25, 0.3) is 0 Å². The summed E-state index contributed by atoms with van der Waals surface area (Å²) in [6.07, 6.45) is 8.19. The molecule has 0 aromatic heterocycles. The van der Waals surface area contributed by atoms with Crippen molar-refractivity contribution in [1.82, 2.24) is 10.6 Å². The predicted octanol–water partition coefficient (Wildman–Crippen LogP) is 2.07. The lowest BCUT2D eigenvalue weighted by Crippen LogP contribution is -2.46. The quantitative estimate of drug-likeness (QED) is 0.790. The van der Waals surface area contributed by atoms with E-state index in [1.165, 1.54) is 32.1 Å². The largest absolute Gasteiger partial charge is 0.352 e. The summed E-state index contributed by atoms with van der Waals surface area (Å²) in [5.74, 6) is 1.79. The second-order valence-corrected chi connectivity index (χ2v) is 5.94. The highest BCUT2D eigenvalue weighted by atomic mass is 16.1. The summed E-state index contributed by atoms with van der Waals surface area (Å²) in [6, 6.07) is 0.374. The number of hydrogen-bond donors (Lipinski definition) is 2. The Labute approximate surface area is 105 Å². The second kappa shape index (κ2) is 6.39. The van der Waals surface area contributed by atoms with Gasteiger partial charge in [-0.2, -0.15) is 0 Å². The highest BCUT2D eigenvalue weighted by molar-refractivity contribution is 5.76. The van der Waals surface area contributed by atoms with E-state index in [4.69, 9.17) is 0 Å². The molecule has 0 radical (unpaired) electrons. The van der Waals surface area contributed by atoms with Gasteiger partial charge in [-0.25, -0.2) is 0 Å². The third kappa shape index (κ3) is 4.30. The lowest BCUT2D eigenvalue weighted by molar-refractivity contribution is -0.123. The first-order valence-electron chi connectivity index (χ1n) is 7.24. The van der Waals surface area contributed by atoms with Gasteiger partial charge in [0.05, 0.1) is 0 Å². The smallest absolute Gasteiger partial charge is 0.220 e. The average molecular weight is 238 g/mol. The fourth-order valence-electron chi connectivity index (χ4n) is 3.06. The average Bonchev–Trinajstić information content (AvgIpc) is 2.33. The Morgan fingerprint density at radius 1 is 1.24 bits per heavy atom. The molecule has 0 aromatic rings. The van der Waals surface area contributed by atoms with Gasteiger partial charge in [0.25, 0.3) is 0 Å². The van der Waals surface area contributed by atoms with E-state index in [-0.39, 0.29) is 5.91 Å². The Hall–Kier alpha value is -0.570. The van der Waals surface area contributed by atoms with Gasteiger partial charge >= 0.3 is 0 Å². The van der Waals surface area contributed by atoms with Gasteiger partial charge in [0.2, 0.25) is 5.91 Å². The first-order chi connectivity index (χ1) is 8.24. The molecule has 1 aliphatic carbocycles. The van der Waals surface area contributed by atoms with Crippen LogP contribution in [0.5, 0.6) is 0 Å². The van der Waals surface area contributed by atoms with Crippen LogP contribution < -0.4 is 10.6 Å². The Bertz CT molecular complexity index is 241. The van der Waals surface area contributed by atoms with Crippen LogP contribution >= 0.6 is 0 Å². The van der Waals surface area contributed by atoms with E-state index in [2.05, 4.69) is 17.6 Å². The number of hydrogen-bond acceptors (Lipinski definition) is 2. The summed E-state index contributed by atoms with van der Waals surface area (Å²) < 4.78 is 0.